The summed E-state index contributed by atoms with van der Waals surface area (Å²) in [4.78, 5) is 27.9. The van der Waals surface area contributed by atoms with Crippen LogP contribution in [0.4, 0.5) is 17.2 Å². The van der Waals surface area contributed by atoms with Crippen LogP contribution in [0.2, 0.25) is 0 Å². The quantitative estimate of drug-likeness (QED) is 0.544. The molecule has 0 atom stereocenters. The Morgan fingerprint density at radius 3 is 2.73 bits per heavy atom. The van der Waals surface area contributed by atoms with Gasteiger partial charge in [-0.05, 0) is 43.2 Å². The topological polar surface area (TPSA) is 103 Å². The summed E-state index contributed by atoms with van der Waals surface area (Å²) in [5.74, 6) is 0.370. The third-order valence-corrected chi connectivity index (χ3v) is 3.72. The molecule has 0 aliphatic carbocycles. The van der Waals surface area contributed by atoms with Gasteiger partial charge in [0.25, 0.3) is 5.91 Å². The number of benzene rings is 1. The summed E-state index contributed by atoms with van der Waals surface area (Å²) in [6, 6.07) is 8.92. The number of aromatic nitrogens is 1. The van der Waals surface area contributed by atoms with Crippen LogP contribution < -0.4 is 16.0 Å². The third-order valence-electron chi connectivity index (χ3n) is 3.72. The molecule has 0 fully saturated rings. The minimum atomic E-state index is -0.191. The van der Waals surface area contributed by atoms with Crippen LogP contribution in [0.15, 0.2) is 36.5 Å². The molecule has 0 saturated carbocycles. The van der Waals surface area contributed by atoms with Crippen LogP contribution in [0.5, 0.6) is 0 Å². The van der Waals surface area contributed by atoms with Crippen molar-refractivity contribution in [2.75, 3.05) is 23.8 Å². The first-order valence-electron chi connectivity index (χ1n) is 8.56. The molecule has 0 unspecified atom stereocenters. The van der Waals surface area contributed by atoms with E-state index >= 15 is 0 Å². The number of anilines is 3. The van der Waals surface area contributed by atoms with Crippen molar-refractivity contribution in [1.82, 2.24) is 10.3 Å². The Morgan fingerprint density at radius 2 is 2.04 bits per heavy atom. The molecule has 0 saturated heterocycles. The highest BCUT2D eigenvalue weighted by Gasteiger charge is 2.08. The second-order valence-corrected chi connectivity index (χ2v) is 5.83. The number of aliphatic hydroxyl groups excluding tert-OH is 1. The van der Waals surface area contributed by atoms with Gasteiger partial charge in [-0.25, -0.2) is 4.98 Å². The van der Waals surface area contributed by atoms with E-state index in [0.29, 0.717) is 36.5 Å². The normalized spacial score (nSPS) is 10.3. The fourth-order valence-electron chi connectivity index (χ4n) is 2.26. The lowest BCUT2D eigenvalue weighted by Gasteiger charge is -2.11. The first-order chi connectivity index (χ1) is 12.5. The van der Waals surface area contributed by atoms with Crippen LogP contribution in [0.1, 0.15) is 35.7 Å². The molecule has 26 heavy (non-hydrogen) atoms. The van der Waals surface area contributed by atoms with Gasteiger partial charge in [0.15, 0.2) is 0 Å². The van der Waals surface area contributed by atoms with Crippen LogP contribution in [0, 0.1) is 6.92 Å². The average Bonchev–Trinajstić information content (AvgIpc) is 2.64. The lowest BCUT2D eigenvalue weighted by Crippen LogP contribution is -2.25. The van der Waals surface area contributed by atoms with E-state index in [9.17, 15) is 9.59 Å². The monoisotopic (exact) mass is 356 g/mol. The van der Waals surface area contributed by atoms with Gasteiger partial charge < -0.3 is 21.1 Å². The van der Waals surface area contributed by atoms with Gasteiger partial charge in [0.1, 0.15) is 5.82 Å². The van der Waals surface area contributed by atoms with Crippen LogP contribution in [0.25, 0.3) is 0 Å². The number of rotatable bonds is 8. The van der Waals surface area contributed by atoms with E-state index in [0.717, 1.165) is 11.3 Å². The van der Waals surface area contributed by atoms with Crippen molar-refractivity contribution in [2.45, 2.75) is 26.7 Å². The first kappa shape index (κ1) is 19.4. The van der Waals surface area contributed by atoms with Crippen LogP contribution >= 0.6 is 0 Å². The number of carbonyl (C=O) groups is 2. The molecule has 0 aliphatic rings. The van der Waals surface area contributed by atoms with Gasteiger partial charge in [0, 0.05) is 30.8 Å². The molecule has 7 heteroatoms. The summed E-state index contributed by atoms with van der Waals surface area (Å²) in [5, 5.41) is 17.5. The van der Waals surface area contributed by atoms with Crippen LogP contribution in [-0.2, 0) is 4.79 Å². The maximum Gasteiger partial charge on any atom is 0.251 e. The molecule has 2 amide bonds. The highest BCUT2D eigenvalue weighted by molar-refractivity contribution is 5.95. The maximum absolute atomic E-state index is 12.1. The summed E-state index contributed by atoms with van der Waals surface area (Å²) in [6.07, 6.45) is 2.54. The zero-order valence-corrected chi connectivity index (χ0v) is 15.0. The van der Waals surface area contributed by atoms with Gasteiger partial charge in [-0.15, -0.1) is 0 Å². The highest BCUT2D eigenvalue weighted by Crippen LogP contribution is 2.21. The number of hydrogen-bond donors (Lipinski definition) is 4. The van der Waals surface area contributed by atoms with Crippen molar-refractivity contribution in [1.29, 1.82) is 0 Å². The van der Waals surface area contributed by atoms with Crippen molar-refractivity contribution in [2.24, 2.45) is 0 Å². The van der Waals surface area contributed by atoms with Crippen molar-refractivity contribution in [3.8, 4) is 0 Å². The fraction of sp³-hybridized carbons (Fsp3) is 0.316. The molecular weight excluding hydrogens is 332 g/mol. The van der Waals surface area contributed by atoms with Gasteiger partial charge in [-0.3, -0.25) is 9.59 Å². The lowest BCUT2D eigenvalue weighted by atomic mass is 10.2. The predicted octanol–water partition coefficient (Wildman–Crippen LogP) is 2.59. The molecular formula is C19H24N4O3. The van der Waals surface area contributed by atoms with E-state index in [-0.39, 0.29) is 18.4 Å². The number of amides is 2. The summed E-state index contributed by atoms with van der Waals surface area (Å²) in [5.41, 5.74) is 2.83. The summed E-state index contributed by atoms with van der Waals surface area (Å²) in [6.45, 7) is 4.16. The van der Waals surface area contributed by atoms with E-state index in [1.807, 2.05) is 19.1 Å². The largest absolute Gasteiger partial charge is 0.396 e. The molecule has 1 aromatic heterocycles. The Labute approximate surface area is 152 Å². The van der Waals surface area contributed by atoms with Crippen molar-refractivity contribution in [3.05, 3.63) is 47.7 Å². The highest BCUT2D eigenvalue weighted by atomic mass is 16.3. The Balaban J connectivity index is 2.06. The second-order valence-electron chi connectivity index (χ2n) is 5.83. The average molecular weight is 356 g/mol. The Morgan fingerprint density at radius 1 is 1.23 bits per heavy atom. The lowest BCUT2D eigenvalue weighted by molar-refractivity contribution is -0.115. The van der Waals surface area contributed by atoms with Crippen molar-refractivity contribution >= 4 is 29.0 Å². The fourth-order valence-corrected chi connectivity index (χ4v) is 2.26. The summed E-state index contributed by atoms with van der Waals surface area (Å²) < 4.78 is 0. The van der Waals surface area contributed by atoms with Crippen molar-refractivity contribution in [3.63, 3.8) is 0 Å². The van der Waals surface area contributed by atoms with E-state index in [4.69, 9.17) is 5.11 Å². The molecule has 0 spiro atoms. The number of pyridine rings is 1. The van der Waals surface area contributed by atoms with E-state index in [2.05, 4.69) is 20.9 Å². The molecule has 0 bridgehead atoms. The summed E-state index contributed by atoms with van der Waals surface area (Å²) in [7, 11) is 0. The van der Waals surface area contributed by atoms with Gasteiger partial charge in [-0.2, -0.15) is 0 Å². The molecule has 1 aromatic carbocycles. The Bertz CT molecular complexity index is 777. The van der Waals surface area contributed by atoms with E-state index < -0.39 is 0 Å². The smallest absolute Gasteiger partial charge is 0.251 e. The second kappa shape index (κ2) is 9.53. The van der Waals surface area contributed by atoms with Gasteiger partial charge in [0.2, 0.25) is 5.91 Å². The number of nitrogens with one attached hydrogen (secondary N) is 3. The molecule has 138 valence electrons. The maximum atomic E-state index is 12.1. The molecule has 7 nitrogen and oxygen atoms in total. The predicted molar refractivity (Wildman–Crippen MR) is 102 cm³/mol. The molecule has 2 rings (SSSR count). The van der Waals surface area contributed by atoms with Gasteiger partial charge in [-0.1, -0.05) is 13.0 Å². The van der Waals surface area contributed by atoms with Gasteiger partial charge in [0.05, 0.1) is 11.9 Å². The minimum absolute atomic E-state index is 0.0433. The zero-order chi connectivity index (χ0) is 18.9. The number of nitrogens with zero attached hydrogens (tertiary/aromatic N) is 1. The minimum Gasteiger partial charge on any atom is -0.396 e. The third kappa shape index (κ3) is 5.56. The number of carbonyl (C=O) groups excluding carboxylic acids is 2. The Hall–Kier alpha value is -2.93. The standard InChI is InChI=1S/C19H24N4O3/c1-3-18(25)23-16-12-21-17(10-13(16)2)22-15-7-4-6-14(11-15)19(26)20-8-5-9-24/h4,6-7,10-12,24H,3,5,8-9H2,1-2H3,(H,20,26)(H,21,22)(H,23,25). The van der Waals surface area contributed by atoms with Crippen LogP contribution in [-0.4, -0.2) is 35.1 Å². The molecule has 4 N–H and O–H groups in total. The Kier molecular flexibility index (Phi) is 7.11. The summed E-state index contributed by atoms with van der Waals surface area (Å²) >= 11 is 0. The number of aryl methyl sites for hydroxylation is 1. The van der Waals surface area contributed by atoms with Crippen LogP contribution in [0.3, 0.4) is 0 Å². The molecule has 2 aromatic rings. The SMILES string of the molecule is CCC(=O)Nc1cnc(Nc2cccc(C(=O)NCCCO)c2)cc1C. The number of aliphatic hydroxyl groups is 1. The van der Waals surface area contributed by atoms with Crippen molar-refractivity contribution < 1.29 is 14.7 Å². The first-order valence-corrected chi connectivity index (χ1v) is 8.56. The molecule has 0 aliphatic heterocycles. The van der Waals surface area contributed by atoms with E-state index in [1.54, 1.807) is 31.3 Å². The van der Waals surface area contributed by atoms with Gasteiger partial charge >= 0.3 is 0 Å². The van der Waals surface area contributed by atoms with E-state index in [1.165, 1.54) is 0 Å². The zero-order valence-electron chi connectivity index (χ0n) is 15.0. The molecule has 0 radical (unpaired) electrons. The number of hydrogen-bond acceptors (Lipinski definition) is 5. The molecule has 1 heterocycles.